The van der Waals surface area contributed by atoms with E-state index < -0.39 is 0 Å². The predicted octanol–water partition coefficient (Wildman–Crippen LogP) is 3.68. The van der Waals surface area contributed by atoms with Gasteiger partial charge in [0.05, 0.1) is 5.56 Å². The first-order chi connectivity index (χ1) is 12.2. The van der Waals surface area contributed by atoms with Gasteiger partial charge in [0, 0.05) is 12.2 Å². The van der Waals surface area contributed by atoms with Gasteiger partial charge in [-0.25, -0.2) is 4.98 Å². The van der Waals surface area contributed by atoms with Crippen molar-refractivity contribution < 1.29 is 9.21 Å². The number of hydrogen-bond donors (Lipinski definition) is 2. The Balaban J connectivity index is 1.47. The molecular weight excluding hydrogens is 314 g/mol. The third-order valence-electron chi connectivity index (χ3n) is 3.95. The van der Waals surface area contributed by atoms with E-state index in [0.29, 0.717) is 23.7 Å². The summed E-state index contributed by atoms with van der Waals surface area (Å²) in [6.07, 6.45) is 4.31. The second-order valence-electron chi connectivity index (χ2n) is 5.82. The minimum atomic E-state index is -0.232. The summed E-state index contributed by atoms with van der Waals surface area (Å²) < 4.78 is 5.39. The predicted molar refractivity (Wildman–Crippen MR) is 98.1 cm³/mol. The van der Waals surface area contributed by atoms with Gasteiger partial charge in [0.1, 0.15) is 6.26 Å². The molecule has 1 heterocycles. The molecule has 2 aromatic carbocycles. The minimum absolute atomic E-state index is 0.232. The molecule has 1 aromatic heterocycles. The van der Waals surface area contributed by atoms with Crippen LogP contribution < -0.4 is 11.1 Å². The molecular formula is C20H21N3O2. The first kappa shape index (κ1) is 16.8. The molecule has 0 fully saturated rings. The number of nitrogen functional groups attached to an aromatic ring is 1. The summed E-state index contributed by atoms with van der Waals surface area (Å²) in [5.41, 5.74) is 8.73. The number of unbranched alkanes of at least 4 members (excludes halogenated alkanes) is 1. The molecule has 0 saturated carbocycles. The zero-order valence-electron chi connectivity index (χ0n) is 13.9. The smallest absolute Gasteiger partial charge is 0.273 e. The summed E-state index contributed by atoms with van der Waals surface area (Å²) in [7, 11) is 0. The zero-order chi connectivity index (χ0) is 17.5. The summed E-state index contributed by atoms with van der Waals surface area (Å²) in [5, 5.41) is 2.87. The number of nitrogens with zero attached hydrogens (tertiary/aromatic N) is 1. The van der Waals surface area contributed by atoms with Crippen LogP contribution in [0.1, 0.15) is 28.9 Å². The van der Waals surface area contributed by atoms with E-state index in [0.717, 1.165) is 19.3 Å². The third kappa shape index (κ3) is 4.47. The molecule has 0 atom stereocenters. The van der Waals surface area contributed by atoms with Crippen LogP contribution in [-0.4, -0.2) is 17.4 Å². The summed E-state index contributed by atoms with van der Waals surface area (Å²) in [5.74, 6) is 0.122. The van der Waals surface area contributed by atoms with Crippen molar-refractivity contribution in [2.75, 3.05) is 12.3 Å². The maximum atomic E-state index is 12.1. The first-order valence-electron chi connectivity index (χ1n) is 8.36. The average molecular weight is 335 g/mol. The summed E-state index contributed by atoms with van der Waals surface area (Å²) in [4.78, 5) is 16.4. The van der Waals surface area contributed by atoms with E-state index in [9.17, 15) is 4.79 Å². The topological polar surface area (TPSA) is 81.1 Å². The van der Waals surface area contributed by atoms with Crippen LogP contribution in [0, 0.1) is 0 Å². The van der Waals surface area contributed by atoms with Crippen LogP contribution in [0.2, 0.25) is 0 Å². The van der Waals surface area contributed by atoms with Crippen LogP contribution in [0.15, 0.2) is 65.3 Å². The highest BCUT2D eigenvalue weighted by atomic mass is 16.3. The van der Waals surface area contributed by atoms with Gasteiger partial charge in [0.15, 0.2) is 5.69 Å². The SMILES string of the molecule is Nc1ccccc1-c1nc(C(=O)NCCCCc2ccccc2)co1. The van der Waals surface area contributed by atoms with Crippen LogP contribution >= 0.6 is 0 Å². The molecule has 0 aliphatic rings. The lowest BCUT2D eigenvalue weighted by Gasteiger charge is -2.03. The number of benzene rings is 2. The number of nitrogens with two attached hydrogens (primary N) is 1. The van der Waals surface area contributed by atoms with Crippen molar-refractivity contribution in [1.29, 1.82) is 0 Å². The Morgan fingerprint density at radius 1 is 1.04 bits per heavy atom. The van der Waals surface area contributed by atoms with Gasteiger partial charge in [-0.05, 0) is 37.0 Å². The Morgan fingerprint density at radius 3 is 2.60 bits per heavy atom. The van der Waals surface area contributed by atoms with Gasteiger partial charge in [-0.1, -0.05) is 42.5 Å². The van der Waals surface area contributed by atoms with Crippen LogP contribution in [0.3, 0.4) is 0 Å². The number of aromatic nitrogens is 1. The Morgan fingerprint density at radius 2 is 1.80 bits per heavy atom. The highest BCUT2D eigenvalue weighted by molar-refractivity contribution is 5.92. The van der Waals surface area contributed by atoms with Crippen LogP contribution in [0.25, 0.3) is 11.5 Å². The fourth-order valence-corrected chi connectivity index (χ4v) is 2.58. The molecule has 5 heteroatoms. The third-order valence-corrected chi connectivity index (χ3v) is 3.95. The molecule has 3 aromatic rings. The number of carbonyl (C=O) groups is 1. The maximum absolute atomic E-state index is 12.1. The number of nitrogens with one attached hydrogen (secondary N) is 1. The molecule has 0 aliphatic heterocycles. The number of oxazole rings is 1. The van der Waals surface area contributed by atoms with E-state index in [2.05, 4.69) is 22.4 Å². The number of para-hydroxylation sites is 1. The van der Waals surface area contributed by atoms with Gasteiger partial charge >= 0.3 is 0 Å². The van der Waals surface area contributed by atoms with Crippen molar-refractivity contribution in [1.82, 2.24) is 10.3 Å². The fraction of sp³-hybridized carbons (Fsp3) is 0.200. The van der Waals surface area contributed by atoms with Crippen molar-refractivity contribution >= 4 is 11.6 Å². The lowest BCUT2D eigenvalue weighted by molar-refractivity contribution is 0.0948. The summed E-state index contributed by atoms with van der Waals surface area (Å²) in [6.45, 7) is 0.612. The van der Waals surface area contributed by atoms with Gasteiger partial charge in [-0.2, -0.15) is 0 Å². The Labute approximate surface area is 146 Å². The number of amides is 1. The van der Waals surface area contributed by atoms with Crippen LogP contribution in [0.5, 0.6) is 0 Å². The molecule has 3 rings (SSSR count). The van der Waals surface area contributed by atoms with Crippen molar-refractivity contribution in [3.8, 4) is 11.5 Å². The number of anilines is 1. The fourth-order valence-electron chi connectivity index (χ4n) is 2.58. The van der Waals surface area contributed by atoms with Crippen molar-refractivity contribution in [2.24, 2.45) is 0 Å². The van der Waals surface area contributed by atoms with Gasteiger partial charge in [0.2, 0.25) is 5.89 Å². The molecule has 0 bridgehead atoms. The van der Waals surface area contributed by atoms with E-state index in [-0.39, 0.29) is 11.6 Å². The molecule has 128 valence electrons. The van der Waals surface area contributed by atoms with E-state index in [1.807, 2.05) is 36.4 Å². The standard InChI is InChI=1S/C20H21N3O2/c21-17-12-5-4-11-16(17)20-23-18(14-25-20)19(24)22-13-7-6-10-15-8-2-1-3-9-15/h1-5,8-9,11-12,14H,6-7,10,13,21H2,(H,22,24). The molecule has 0 aliphatic carbocycles. The number of aryl methyl sites for hydroxylation is 1. The highest BCUT2D eigenvalue weighted by Crippen LogP contribution is 2.24. The van der Waals surface area contributed by atoms with Gasteiger partial charge in [-0.15, -0.1) is 0 Å². The van der Waals surface area contributed by atoms with Crippen molar-refractivity contribution in [2.45, 2.75) is 19.3 Å². The molecule has 0 unspecified atom stereocenters. The quantitative estimate of drug-likeness (QED) is 0.510. The minimum Gasteiger partial charge on any atom is -0.444 e. The normalized spacial score (nSPS) is 10.6. The van der Waals surface area contributed by atoms with Crippen LogP contribution in [-0.2, 0) is 6.42 Å². The van der Waals surface area contributed by atoms with Crippen molar-refractivity contribution in [3.05, 3.63) is 72.1 Å². The highest BCUT2D eigenvalue weighted by Gasteiger charge is 2.14. The van der Waals surface area contributed by atoms with Gasteiger partial charge < -0.3 is 15.5 Å². The lowest BCUT2D eigenvalue weighted by atomic mass is 10.1. The average Bonchev–Trinajstić information content (AvgIpc) is 3.12. The second kappa shape index (κ2) is 8.15. The Bertz CT molecular complexity index is 828. The molecule has 25 heavy (non-hydrogen) atoms. The van der Waals surface area contributed by atoms with E-state index in [4.69, 9.17) is 10.2 Å². The summed E-state index contributed by atoms with van der Waals surface area (Å²) in [6, 6.07) is 17.6. The molecule has 0 spiro atoms. The van der Waals surface area contributed by atoms with Crippen molar-refractivity contribution in [3.63, 3.8) is 0 Å². The largest absolute Gasteiger partial charge is 0.444 e. The molecule has 0 radical (unpaired) electrons. The van der Waals surface area contributed by atoms with E-state index in [1.165, 1.54) is 11.8 Å². The lowest BCUT2D eigenvalue weighted by Crippen LogP contribution is -2.24. The Hall–Kier alpha value is -3.08. The molecule has 3 N–H and O–H groups in total. The Kier molecular flexibility index (Phi) is 5.46. The number of hydrogen-bond acceptors (Lipinski definition) is 4. The monoisotopic (exact) mass is 335 g/mol. The van der Waals surface area contributed by atoms with E-state index in [1.54, 1.807) is 6.07 Å². The van der Waals surface area contributed by atoms with Gasteiger partial charge in [0.25, 0.3) is 5.91 Å². The zero-order valence-corrected chi connectivity index (χ0v) is 13.9. The van der Waals surface area contributed by atoms with Gasteiger partial charge in [-0.3, -0.25) is 4.79 Å². The van der Waals surface area contributed by atoms with Crippen LogP contribution in [0.4, 0.5) is 5.69 Å². The second-order valence-corrected chi connectivity index (χ2v) is 5.82. The maximum Gasteiger partial charge on any atom is 0.273 e. The summed E-state index contributed by atoms with van der Waals surface area (Å²) >= 11 is 0. The number of carbonyl (C=O) groups excluding carboxylic acids is 1. The molecule has 1 amide bonds. The number of rotatable bonds is 7. The first-order valence-corrected chi connectivity index (χ1v) is 8.36. The molecule has 5 nitrogen and oxygen atoms in total. The molecule has 0 saturated heterocycles. The van der Waals surface area contributed by atoms with E-state index >= 15 is 0 Å².